The molecule has 8 heteroatoms. The van der Waals surface area contributed by atoms with E-state index in [1.165, 1.54) is 12.8 Å². The molecule has 0 spiro atoms. The second-order valence-electron chi connectivity index (χ2n) is 7.65. The van der Waals surface area contributed by atoms with Gasteiger partial charge in [0.05, 0.1) is 24.6 Å². The van der Waals surface area contributed by atoms with Gasteiger partial charge in [0.2, 0.25) is 5.91 Å². The number of imidazole rings is 1. The van der Waals surface area contributed by atoms with Gasteiger partial charge in [-0.15, -0.1) is 0 Å². The van der Waals surface area contributed by atoms with E-state index in [1.807, 2.05) is 10.6 Å². The fraction of sp³-hybridized carbons (Fsp3) is 0.579. The van der Waals surface area contributed by atoms with Crippen LogP contribution in [0, 0.1) is 5.92 Å². The molecule has 27 heavy (non-hydrogen) atoms. The van der Waals surface area contributed by atoms with Gasteiger partial charge < -0.3 is 15.1 Å². The summed E-state index contributed by atoms with van der Waals surface area (Å²) in [5, 5.41) is 2.94. The van der Waals surface area contributed by atoms with Crippen molar-refractivity contribution in [2.75, 3.05) is 20.1 Å². The molecule has 8 nitrogen and oxygen atoms in total. The molecule has 144 valence electrons. The molecule has 0 aromatic carbocycles. The number of amides is 3. The average Bonchev–Trinajstić information content (AvgIpc) is 3.39. The first kappa shape index (κ1) is 17.8. The molecule has 3 amide bonds. The molecule has 4 rings (SSSR count). The topological polar surface area (TPSA) is 82.8 Å². The monoisotopic (exact) mass is 370 g/mol. The first-order valence-corrected chi connectivity index (χ1v) is 9.66. The first-order valence-electron chi connectivity index (χ1n) is 9.66. The van der Waals surface area contributed by atoms with E-state index in [9.17, 15) is 9.59 Å². The fourth-order valence-corrected chi connectivity index (χ4v) is 4.30. The molecule has 1 saturated carbocycles. The third kappa shape index (κ3) is 3.74. The second kappa shape index (κ2) is 7.54. The van der Waals surface area contributed by atoms with Crippen molar-refractivity contribution in [3.05, 3.63) is 30.5 Å². The third-order valence-electron chi connectivity index (χ3n) is 5.70. The molecule has 0 unspecified atom stereocenters. The average molecular weight is 370 g/mol. The molecule has 1 saturated heterocycles. The summed E-state index contributed by atoms with van der Waals surface area (Å²) < 4.78 is 1.91. The van der Waals surface area contributed by atoms with Crippen LogP contribution in [-0.2, 0) is 11.3 Å². The van der Waals surface area contributed by atoms with Gasteiger partial charge in [0, 0.05) is 50.9 Å². The minimum absolute atomic E-state index is 0.134. The number of carbonyl (C=O) groups is 2. The maximum Gasteiger partial charge on any atom is 0.317 e. The summed E-state index contributed by atoms with van der Waals surface area (Å²) in [5.41, 5.74) is 1.66. The van der Waals surface area contributed by atoms with Crippen molar-refractivity contribution in [2.24, 2.45) is 5.92 Å². The molecule has 2 fully saturated rings. The number of hydrogen-bond donors (Lipinski definition) is 1. The zero-order valence-corrected chi connectivity index (χ0v) is 15.7. The fourth-order valence-electron chi connectivity index (χ4n) is 4.30. The number of carbonyl (C=O) groups excluding carboxylic acids is 2. The molecular formula is C19H26N6O2. The normalized spacial score (nSPS) is 20.6. The number of hydrogen-bond acceptors (Lipinski definition) is 4. The molecule has 3 heterocycles. The highest BCUT2D eigenvalue weighted by atomic mass is 16.2. The predicted octanol–water partition coefficient (Wildman–Crippen LogP) is 1.66. The summed E-state index contributed by atoms with van der Waals surface area (Å²) in [6, 6.07) is 0.289. The van der Waals surface area contributed by atoms with Crippen molar-refractivity contribution in [2.45, 2.75) is 44.7 Å². The van der Waals surface area contributed by atoms with Crippen LogP contribution in [0.2, 0.25) is 0 Å². The lowest BCUT2D eigenvalue weighted by atomic mass is 10.1. The van der Waals surface area contributed by atoms with E-state index < -0.39 is 0 Å². The Hall–Kier alpha value is -2.64. The van der Waals surface area contributed by atoms with Crippen LogP contribution < -0.4 is 5.32 Å². The van der Waals surface area contributed by atoms with E-state index in [2.05, 4.69) is 20.2 Å². The highest BCUT2D eigenvalue weighted by Gasteiger charge is 2.36. The minimum Gasteiger partial charge on any atom is -0.339 e. The van der Waals surface area contributed by atoms with E-state index >= 15 is 0 Å². The number of fused-ring (bicyclic) bond motifs is 1. The Balaban J connectivity index is 1.28. The van der Waals surface area contributed by atoms with Crippen molar-refractivity contribution in [3.63, 3.8) is 0 Å². The molecule has 2 aromatic rings. The Morgan fingerprint density at radius 1 is 1.33 bits per heavy atom. The maximum atomic E-state index is 12.5. The Labute approximate surface area is 158 Å². The summed E-state index contributed by atoms with van der Waals surface area (Å²) in [6.07, 6.45) is 12.2. The Morgan fingerprint density at radius 2 is 2.15 bits per heavy atom. The van der Waals surface area contributed by atoms with Gasteiger partial charge in [-0.1, -0.05) is 12.8 Å². The van der Waals surface area contributed by atoms with Gasteiger partial charge in [-0.3, -0.25) is 14.2 Å². The van der Waals surface area contributed by atoms with E-state index in [4.69, 9.17) is 0 Å². The van der Waals surface area contributed by atoms with Crippen LogP contribution in [0.4, 0.5) is 4.79 Å². The van der Waals surface area contributed by atoms with Crippen LogP contribution in [0.1, 0.15) is 37.8 Å². The van der Waals surface area contributed by atoms with Crippen molar-refractivity contribution in [1.82, 2.24) is 29.5 Å². The zero-order valence-electron chi connectivity index (χ0n) is 15.7. The van der Waals surface area contributed by atoms with E-state index in [-0.39, 0.29) is 17.9 Å². The molecule has 0 radical (unpaired) electrons. The lowest BCUT2D eigenvalue weighted by molar-refractivity contribution is -0.129. The van der Waals surface area contributed by atoms with Crippen LogP contribution in [0.3, 0.4) is 0 Å². The molecule has 2 aliphatic rings. The lowest BCUT2D eigenvalue weighted by Crippen LogP contribution is -2.40. The summed E-state index contributed by atoms with van der Waals surface area (Å²) in [7, 11) is 1.79. The molecular weight excluding hydrogens is 344 g/mol. The van der Waals surface area contributed by atoms with Crippen molar-refractivity contribution in [1.29, 1.82) is 0 Å². The Bertz CT molecular complexity index is 828. The van der Waals surface area contributed by atoms with E-state index in [1.54, 1.807) is 30.5 Å². The van der Waals surface area contributed by atoms with Crippen LogP contribution >= 0.6 is 0 Å². The van der Waals surface area contributed by atoms with Gasteiger partial charge >= 0.3 is 6.03 Å². The summed E-state index contributed by atoms with van der Waals surface area (Å²) in [6.45, 7) is 1.77. The summed E-state index contributed by atoms with van der Waals surface area (Å²) in [4.78, 5) is 36.8. The second-order valence-corrected chi connectivity index (χ2v) is 7.65. The third-order valence-corrected chi connectivity index (χ3v) is 5.70. The smallest absolute Gasteiger partial charge is 0.317 e. The van der Waals surface area contributed by atoms with E-state index in [0.717, 1.165) is 30.7 Å². The summed E-state index contributed by atoms with van der Waals surface area (Å²) in [5.74, 6) is 0.468. The highest BCUT2D eigenvalue weighted by Crippen LogP contribution is 2.29. The predicted molar refractivity (Wildman–Crippen MR) is 99.9 cm³/mol. The zero-order chi connectivity index (χ0) is 18.8. The SMILES string of the molecule is CN(C[C@@H]1CC(=O)N(C2CCCC2)C1)C(=O)NCc1cnc2cnccn12. The van der Waals surface area contributed by atoms with Crippen molar-refractivity contribution in [3.8, 4) is 0 Å². The van der Waals surface area contributed by atoms with Gasteiger partial charge in [-0.05, 0) is 12.8 Å². The minimum atomic E-state index is -0.134. The number of aromatic nitrogens is 3. The molecule has 1 aliphatic carbocycles. The molecule has 1 aliphatic heterocycles. The largest absolute Gasteiger partial charge is 0.339 e. The van der Waals surface area contributed by atoms with E-state index in [0.29, 0.717) is 25.6 Å². The number of nitrogens with one attached hydrogen (secondary N) is 1. The molecule has 2 aromatic heterocycles. The van der Waals surface area contributed by atoms with Gasteiger partial charge in [-0.2, -0.15) is 0 Å². The maximum absolute atomic E-state index is 12.5. The first-order chi connectivity index (χ1) is 13.1. The lowest BCUT2D eigenvalue weighted by Gasteiger charge is -2.25. The van der Waals surface area contributed by atoms with Gasteiger partial charge in [0.15, 0.2) is 5.65 Å². The standard InChI is InChI=1S/C19H26N6O2/c1-23(12-14-8-18(26)25(13-14)15-4-2-3-5-15)19(27)22-10-16-9-21-17-11-20-6-7-24(16)17/h6-7,9,11,14-15H,2-5,8,10,12-13H2,1H3,(H,22,27)/t14-/m0/s1. The molecule has 1 atom stereocenters. The number of nitrogens with zero attached hydrogens (tertiary/aromatic N) is 5. The van der Waals surface area contributed by atoms with Crippen LogP contribution in [-0.4, -0.2) is 62.3 Å². The Morgan fingerprint density at radius 3 is 2.96 bits per heavy atom. The van der Waals surface area contributed by atoms with Crippen molar-refractivity contribution < 1.29 is 9.59 Å². The Kier molecular flexibility index (Phi) is 4.96. The van der Waals surface area contributed by atoms with Gasteiger partial charge in [0.1, 0.15) is 0 Å². The summed E-state index contributed by atoms with van der Waals surface area (Å²) >= 11 is 0. The quantitative estimate of drug-likeness (QED) is 0.868. The van der Waals surface area contributed by atoms with Crippen molar-refractivity contribution >= 4 is 17.6 Å². The van der Waals surface area contributed by atoms with Crippen LogP contribution in [0.5, 0.6) is 0 Å². The number of rotatable bonds is 5. The number of urea groups is 1. The van der Waals surface area contributed by atoms with Gasteiger partial charge in [-0.25, -0.2) is 9.78 Å². The van der Waals surface area contributed by atoms with Crippen LogP contribution in [0.25, 0.3) is 5.65 Å². The van der Waals surface area contributed by atoms with Crippen LogP contribution in [0.15, 0.2) is 24.8 Å². The number of likely N-dealkylation sites (tertiary alicyclic amines) is 1. The highest BCUT2D eigenvalue weighted by molar-refractivity contribution is 5.79. The molecule has 1 N–H and O–H groups in total. The van der Waals surface area contributed by atoms with Gasteiger partial charge in [0.25, 0.3) is 0 Å². The molecule has 0 bridgehead atoms.